The Morgan fingerprint density at radius 2 is 2.05 bits per heavy atom. The molecule has 0 bridgehead atoms. The number of hydrogen-bond acceptors (Lipinski definition) is 5. The van der Waals surface area contributed by atoms with E-state index in [2.05, 4.69) is 23.7 Å². The largest absolute Gasteiger partial charge is 0.465 e. The third-order valence-electron chi connectivity index (χ3n) is 3.78. The highest BCUT2D eigenvalue weighted by Crippen LogP contribution is 2.32. The molecule has 0 unspecified atom stereocenters. The number of nitrogens with two attached hydrogens (primary N) is 1. The molecular weight excluding hydrogens is 242 g/mol. The predicted molar refractivity (Wildman–Crippen MR) is 75.2 cm³/mol. The van der Waals surface area contributed by atoms with Crippen LogP contribution < -0.4 is 10.6 Å². The number of pyridine rings is 1. The maximum Gasteiger partial charge on any atom is 0.340 e. The molecule has 0 saturated carbocycles. The number of rotatable bonds is 2. The third kappa shape index (κ3) is 2.64. The lowest BCUT2D eigenvalue weighted by molar-refractivity contribution is 0.0601. The second kappa shape index (κ2) is 5.47. The standard InChI is InChI=1S/C14H21N3O2/c1-9-5-4-6-10(2)17(9)12-8-16-13(15)7-11(12)14(18)19-3/h7-10H,4-6H2,1-3H3,(H2,15,16)/t9-,10+. The Hall–Kier alpha value is -1.78. The van der Waals surface area contributed by atoms with Crippen LogP contribution in [0.1, 0.15) is 43.5 Å². The molecular formula is C14H21N3O2. The van der Waals surface area contributed by atoms with Crippen molar-refractivity contribution in [3.63, 3.8) is 0 Å². The van der Waals surface area contributed by atoms with Crippen LogP contribution in [-0.2, 0) is 4.74 Å². The normalized spacial score (nSPS) is 23.2. The number of ether oxygens (including phenoxy) is 1. The first-order valence-corrected chi connectivity index (χ1v) is 6.66. The molecule has 2 rings (SSSR count). The Morgan fingerprint density at radius 3 is 2.63 bits per heavy atom. The van der Waals surface area contributed by atoms with Crippen LogP contribution in [0.2, 0.25) is 0 Å². The number of hydrogen-bond donors (Lipinski definition) is 1. The molecule has 104 valence electrons. The summed E-state index contributed by atoms with van der Waals surface area (Å²) in [7, 11) is 1.38. The fourth-order valence-electron chi connectivity index (χ4n) is 2.84. The lowest BCUT2D eigenvalue weighted by Gasteiger charge is -2.41. The molecule has 0 radical (unpaired) electrons. The molecule has 1 saturated heterocycles. The van der Waals surface area contributed by atoms with Gasteiger partial charge in [-0.3, -0.25) is 0 Å². The van der Waals surface area contributed by atoms with Crippen LogP contribution in [-0.4, -0.2) is 30.1 Å². The van der Waals surface area contributed by atoms with Crippen LogP contribution >= 0.6 is 0 Å². The van der Waals surface area contributed by atoms with Crippen LogP contribution in [0.3, 0.4) is 0 Å². The molecule has 0 spiro atoms. The first kappa shape index (κ1) is 13.6. The molecule has 2 N–H and O–H groups in total. The molecule has 1 fully saturated rings. The maximum atomic E-state index is 11.9. The van der Waals surface area contributed by atoms with E-state index in [-0.39, 0.29) is 5.97 Å². The molecule has 2 atom stereocenters. The van der Waals surface area contributed by atoms with Gasteiger partial charge in [0.15, 0.2) is 0 Å². The molecule has 2 heterocycles. The summed E-state index contributed by atoms with van der Waals surface area (Å²) in [6, 6.07) is 2.37. The molecule has 1 aromatic rings. The minimum Gasteiger partial charge on any atom is -0.465 e. The highest BCUT2D eigenvalue weighted by molar-refractivity contribution is 5.96. The summed E-state index contributed by atoms with van der Waals surface area (Å²) in [5.41, 5.74) is 7.00. The Kier molecular flexibility index (Phi) is 3.93. The van der Waals surface area contributed by atoms with Crippen molar-refractivity contribution in [1.82, 2.24) is 4.98 Å². The van der Waals surface area contributed by atoms with E-state index < -0.39 is 0 Å². The number of methoxy groups -OCH3 is 1. The van der Waals surface area contributed by atoms with Gasteiger partial charge in [-0.05, 0) is 39.2 Å². The average Bonchev–Trinajstić information content (AvgIpc) is 2.39. The lowest BCUT2D eigenvalue weighted by Crippen LogP contribution is -2.44. The van der Waals surface area contributed by atoms with Crippen molar-refractivity contribution in [1.29, 1.82) is 0 Å². The second-order valence-electron chi connectivity index (χ2n) is 5.15. The van der Waals surface area contributed by atoms with Crippen molar-refractivity contribution in [2.45, 2.75) is 45.2 Å². The highest BCUT2D eigenvalue weighted by atomic mass is 16.5. The highest BCUT2D eigenvalue weighted by Gasteiger charge is 2.28. The quantitative estimate of drug-likeness (QED) is 0.829. The van der Waals surface area contributed by atoms with Gasteiger partial charge in [0.2, 0.25) is 0 Å². The second-order valence-corrected chi connectivity index (χ2v) is 5.15. The van der Waals surface area contributed by atoms with Gasteiger partial charge >= 0.3 is 5.97 Å². The molecule has 0 aliphatic carbocycles. The molecule has 1 aliphatic heterocycles. The molecule has 19 heavy (non-hydrogen) atoms. The maximum absolute atomic E-state index is 11.9. The third-order valence-corrected chi connectivity index (χ3v) is 3.78. The Balaban J connectivity index is 2.45. The van der Waals surface area contributed by atoms with E-state index in [1.165, 1.54) is 13.5 Å². The van der Waals surface area contributed by atoms with Gasteiger partial charge in [-0.25, -0.2) is 9.78 Å². The van der Waals surface area contributed by atoms with Gasteiger partial charge in [-0.1, -0.05) is 0 Å². The van der Waals surface area contributed by atoms with Gasteiger partial charge in [0, 0.05) is 12.1 Å². The molecule has 0 amide bonds. The van der Waals surface area contributed by atoms with Gasteiger partial charge in [0.05, 0.1) is 24.6 Å². The Bertz CT molecular complexity index is 466. The SMILES string of the molecule is COC(=O)c1cc(N)ncc1N1[C@H](C)CCC[C@@H]1C. The fourth-order valence-corrected chi connectivity index (χ4v) is 2.84. The number of nitrogen functional groups attached to an aromatic ring is 1. The smallest absolute Gasteiger partial charge is 0.340 e. The summed E-state index contributed by atoms with van der Waals surface area (Å²) in [5.74, 6) is -0.0319. The fraction of sp³-hybridized carbons (Fsp3) is 0.571. The van der Waals surface area contributed by atoms with Gasteiger partial charge in [0.25, 0.3) is 0 Å². The van der Waals surface area contributed by atoms with E-state index >= 15 is 0 Å². The van der Waals surface area contributed by atoms with Crippen LogP contribution in [0.5, 0.6) is 0 Å². The minimum atomic E-state index is -0.367. The van der Waals surface area contributed by atoms with Crippen LogP contribution in [0.25, 0.3) is 0 Å². The van der Waals surface area contributed by atoms with Gasteiger partial charge < -0.3 is 15.4 Å². The summed E-state index contributed by atoms with van der Waals surface area (Å²) in [4.78, 5) is 18.3. The lowest BCUT2D eigenvalue weighted by atomic mass is 9.96. The Morgan fingerprint density at radius 1 is 1.42 bits per heavy atom. The topological polar surface area (TPSA) is 68.5 Å². The zero-order chi connectivity index (χ0) is 14.0. The van der Waals surface area contributed by atoms with Gasteiger partial charge in [-0.2, -0.15) is 0 Å². The summed E-state index contributed by atoms with van der Waals surface area (Å²) < 4.78 is 4.84. The van der Waals surface area contributed by atoms with Crippen molar-refractivity contribution >= 4 is 17.5 Å². The summed E-state index contributed by atoms with van der Waals surface area (Å²) in [6.07, 6.45) is 5.14. The first-order chi connectivity index (χ1) is 9.04. The van der Waals surface area contributed by atoms with E-state index in [0.717, 1.165) is 18.5 Å². The van der Waals surface area contributed by atoms with Crippen LogP contribution in [0.15, 0.2) is 12.3 Å². The molecule has 1 aliphatic rings. The number of nitrogens with zero attached hydrogens (tertiary/aromatic N) is 2. The number of carbonyl (C=O) groups excluding carboxylic acids is 1. The van der Waals surface area contributed by atoms with Gasteiger partial charge in [0.1, 0.15) is 5.82 Å². The van der Waals surface area contributed by atoms with Gasteiger partial charge in [-0.15, -0.1) is 0 Å². The zero-order valence-corrected chi connectivity index (χ0v) is 11.7. The van der Waals surface area contributed by atoms with E-state index in [1.54, 1.807) is 12.3 Å². The number of anilines is 2. The number of carbonyl (C=O) groups is 1. The van der Waals surface area contributed by atoms with Crippen LogP contribution in [0.4, 0.5) is 11.5 Å². The number of piperidine rings is 1. The molecule has 5 heteroatoms. The molecule has 5 nitrogen and oxygen atoms in total. The molecule has 0 aromatic carbocycles. The monoisotopic (exact) mass is 263 g/mol. The van der Waals surface area contributed by atoms with E-state index in [9.17, 15) is 4.79 Å². The predicted octanol–water partition coefficient (Wildman–Crippen LogP) is 2.22. The Labute approximate surface area is 113 Å². The molecule has 1 aromatic heterocycles. The van der Waals surface area contributed by atoms with Crippen molar-refractivity contribution in [3.8, 4) is 0 Å². The van der Waals surface area contributed by atoms with E-state index in [1.807, 2.05) is 0 Å². The minimum absolute atomic E-state index is 0.335. The summed E-state index contributed by atoms with van der Waals surface area (Å²) in [5, 5.41) is 0. The number of esters is 1. The zero-order valence-electron chi connectivity index (χ0n) is 11.7. The van der Waals surface area contributed by atoms with Crippen molar-refractivity contribution < 1.29 is 9.53 Å². The van der Waals surface area contributed by atoms with E-state index in [0.29, 0.717) is 23.5 Å². The van der Waals surface area contributed by atoms with Crippen molar-refractivity contribution in [2.24, 2.45) is 0 Å². The summed E-state index contributed by atoms with van der Waals surface area (Å²) >= 11 is 0. The van der Waals surface area contributed by atoms with Crippen molar-refractivity contribution in [3.05, 3.63) is 17.8 Å². The van der Waals surface area contributed by atoms with E-state index in [4.69, 9.17) is 10.5 Å². The summed E-state index contributed by atoms with van der Waals surface area (Å²) in [6.45, 7) is 4.35. The average molecular weight is 263 g/mol. The first-order valence-electron chi connectivity index (χ1n) is 6.66. The van der Waals surface area contributed by atoms with Crippen molar-refractivity contribution in [2.75, 3.05) is 17.7 Å². The number of aromatic nitrogens is 1. The van der Waals surface area contributed by atoms with Crippen LogP contribution in [0, 0.1) is 0 Å².